The number of carboxylic acid groups (broad SMARTS) is 1. The van der Waals surface area contributed by atoms with Crippen molar-refractivity contribution in [3.8, 4) is 0 Å². The maximum Gasteiger partial charge on any atom is 0.335 e. The van der Waals surface area contributed by atoms with Crippen LogP contribution in [0.25, 0.3) is 0 Å². The SMILES string of the molecule is CC[C@@H](N)C(=O)Nc1ccc(C(=O)O)cc1. The van der Waals surface area contributed by atoms with Gasteiger partial charge >= 0.3 is 5.97 Å². The summed E-state index contributed by atoms with van der Waals surface area (Å²) in [6.45, 7) is 1.82. The van der Waals surface area contributed by atoms with Crippen LogP contribution in [-0.2, 0) is 4.79 Å². The van der Waals surface area contributed by atoms with E-state index in [4.69, 9.17) is 10.8 Å². The van der Waals surface area contributed by atoms with Crippen molar-refractivity contribution < 1.29 is 14.7 Å². The lowest BCUT2D eigenvalue weighted by molar-refractivity contribution is -0.117. The van der Waals surface area contributed by atoms with Gasteiger partial charge in [-0.25, -0.2) is 4.79 Å². The molecule has 1 amide bonds. The molecule has 1 aromatic rings. The van der Waals surface area contributed by atoms with Gasteiger partial charge in [0.05, 0.1) is 11.6 Å². The number of carbonyl (C=O) groups is 2. The minimum Gasteiger partial charge on any atom is -0.478 e. The Balaban J connectivity index is 2.69. The second kappa shape index (κ2) is 5.27. The van der Waals surface area contributed by atoms with Crippen LogP contribution in [0.5, 0.6) is 0 Å². The van der Waals surface area contributed by atoms with Crippen LogP contribution in [0, 0.1) is 0 Å². The first-order valence-electron chi connectivity index (χ1n) is 4.94. The zero-order valence-electron chi connectivity index (χ0n) is 8.93. The van der Waals surface area contributed by atoms with Gasteiger partial charge in [0.1, 0.15) is 0 Å². The molecule has 4 N–H and O–H groups in total. The van der Waals surface area contributed by atoms with Gasteiger partial charge in [0, 0.05) is 5.69 Å². The Kier molecular flexibility index (Phi) is 4.02. The number of benzene rings is 1. The Morgan fingerprint density at radius 1 is 1.38 bits per heavy atom. The van der Waals surface area contributed by atoms with Gasteiger partial charge < -0.3 is 16.2 Å². The molecule has 0 spiro atoms. The number of anilines is 1. The summed E-state index contributed by atoms with van der Waals surface area (Å²) in [5.74, 6) is -1.27. The normalized spacial score (nSPS) is 11.9. The maximum absolute atomic E-state index is 11.4. The third-order valence-electron chi connectivity index (χ3n) is 2.18. The lowest BCUT2D eigenvalue weighted by atomic mass is 10.2. The molecule has 0 aromatic heterocycles. The molecular formula is C11H14N2O3. The van der Waals surface area contributed by atoms with E-state index in [0.717, 1.165) is 0 Å². The summed E-state index contributed by atoms with van der Waals surface area (Å²) in [6.07, 6.45) is 0.555. The number of carboxylic acids is 1. The van der Waals surface area contributed by atoms with Crippen LogP contribution in [0.1, 0.15) is 23.7 Å². The Hall–Kier alpha value is -1.88. The predicted molar refractivity (Wildman–Crippen MR) is 60.3 cm³/mol. The molecule has 5 heteroatoms. The van der Waals surface area contributed by atoms with Crippen molar-refractivity contribution in [2.45, 2.75) is 19.4 Å². The van der Waals surface area contributed by atoms with Crippen molar-refractivity contribution in [2.75, 3.05) is 5.32 Å². The van der Waals surface area contributed by atoms with Crippen molar-refractivity contribution in [2.24, 2.45) is 5.73 Å². The molecule has 0 saturated carbocycles. The number of rotatable bonds is 4. The molecule has 0 bridgehead atoms. The third-order valence-corrected chi connectivity index (χ3v) is 2.18. The molecule has 0 heterocycles. The average molecular weight is 222 g/mol. The minimum atomic E-state index is -0.997. The van der Waals surface area contributed by atoms with Gasteiger partial charge in [0.25, 0.3) is 0 Å². The molecule has 16 heavy (non-hydrogen) atoms. The fourth-order valence-electron chi connectivity index (χ4n) is 1.12. The van der Waals surface area contributed by atoms with Crippen molar-refractivity contribution in [1.82, 2.24) is 0 Å². The number of hydrogen-bond donors (Lipinski definition) is 3. The van der Waals surface area contributed by atoms with E-state index in [1.807, 2.05) is 6.92 Å². The molecule has 0 saturated heterocycles. The van der Waals surface area contributed by atoms with E-state index in [1.165, 1.54) is 24.3 Å². The highest BCUT2D eigenvalue weighted by Gasteiger charge is 2.11. The summed E-state index contributed by atoms with van der Waals surface area (Å²) >= 11 is 0. The van der Waals surface area contributed by atoms with Gasteiger partial charge in [-0.05, 0) is 30.7 Å². The maximum atomic E-state index is 11.4. The monoisotopic (exact) mass is 222 g/mol. The average Bonchev–Trinajstić information content (AvgIpc) is 2.28. The highest BCUT2D eigenvalue weighted by atomic mass is 16.4. The van der Waals surface area contributed by atoms with Gasteiger partial charge in [-0.15, -0.1) is 0 Å². The number of amides is 1. The summed E-state index contributed by atoms with van der Waals surface area (Å²) in [4.78, 5) is 22.0. The molecule has 0 unspecified atom stereocenters. The lowest BCUT2D eigenvalue weighted by Crippen LogP contribution is -2.34. The molecule has 86 valence electrons. The minimum absolute atomic E-state index is 0.179. The first-order chi connectivity index (χ1) is 7.54. The van der Waals surface area contributed by atoms with Crippen LogP contribution in [-0.4, -0.2) is 23.0 Å². The molecule has 5 nitrogen and oxygen atoms in total. The van der Waals surface area contributed by atoms with E-state index in [-0.39, 0.29) is 11.5 Å². The number of hydrogen-bond acceptors (Lipinski definition) is 3. The quantitative estimate of drug-likeness (QED) is 0.710. The van der Waals surface area contributed by atoms with E-state index >= 15 is 0 Å². The number of carbonyl (C=O) groups excluding carboxylic acids is 1. The van der Waals surface area contributed by atoms with Gasteiger partial charge in [0.2, 0.25) is 5.91 Å². The van der Waals surface area contributed by atoms with E-state index in [9.17, 15) is 9.59 Å². The van der Waals surface area contributed by atoms with E-state index in [0.29, 0.717) is 12.1 Å². The van der Waals surface area contributed by atoms with Crippen LogP contribution in [0.3, 0.4) is 0 Å². The molecule has 0 radical (unpaired) electrons. The topological polar surface area (TPSA) is 92.4 Å². The molecule has 0 fully saturated rings. The van der Waals surface area contributed by atoms with E-state index < -0.39 is 12.0 Å². The molecule has 0 aliphatic carbocycles. The van der Waals surface area contributed by atoms with Gasteiger partial charge in [-0.1, -0.05) is 6.92 Å². The molecule has 1 rings (SSSR count). The van der Waals surface area contributed by atoms with E-state index in [1.54, 1.807) is 0 Å². The van der Waals surface area contributed by atoms with Gasteiger partial charge in [0.15, 0.2) is 0 Å². The van der Waals surface area contributed by atoms with Crippen LogP contribution >= 0.6 is 0 Å². The number of nitrogens with one attached hydrogen (secondary N) is 1. The van der Waals surface area contributed by atoms with Crippen LogP contribution in [0.2, 0.25) is 0 Å². The predicted octanol–water partition coefficient (Wildman–Crippen LogP) is 1.06. The lowest BCUT2D eigenvalue weighted by Gasteiger charge is -2.09. The Labute approximate surface area is 93.3 Å². The molecule has 0 aliphatic heterocycles. The molecular weight excluding hydrogens is 208 g/mol. The summed E-state index contributed by atoms with van der Waals surface area (Å²) in [6, 6.07) is 5.37. The van der Waals surface area contributed by atoms with Crippen molar-refractivity contribution in [1.29, 1.82) is 0 Å². The summed E-state index contributed by atoms with van der Waals surface area (Å²) in [5.41, 5.74) is 6.26. The first kappa shape index (κ1) is 12.2. The summed E-state index contributed by atoms with van der Waals surface area (Å²) < 4.78 is 0. The van der Waals surface area contributed by atoms with Gasteiger partial charge in [-0.3, -0.25) is 4.79 Å². The Morgan fingerprint density at radius 3 is 2.38 bits per heavy atom. The Bertz CT molecular complexity index is 387. The number of nitrogens with two attached hydrogens (primary N) is 1. The largest absolute Gasteiger partial charge is 0.478 e. The van der Waals surface area contributed by atoms with Crippen LogP contribution in [0.4, 0.5) is 5.69 Å². The highest BCUT2D eigenvalue weighted by Crippen LogP contribution is 2.09. The van der Waals surface area contributed by atoms with Crippen LogP contribution in [0.15, 0.2) is 24.3 Å². The van der Waals surface area contributed by atoms with Gasteiger partial charge in [-0.2, -0.15) is 0 Å². The fraction of sp³-hybridized carbons (Fsp3) is 0.273. The highest BCUT2D eigenvalue weighted by molar-refractivity contribution is 5.95. The smallest absolute Gasteiger partial charge is 0.335 e. The molecule has 1 atom stereocenters. The standard InChI is InChI=1S/C11H14N2O3/c1-2-9(12)10(14)13-8-5-3-7(4-6-8)11(15)16/h3-6,9H,2,12H2,1H3,(H,13,14)(H,15,16)/t9-/m1/s1. The van der Waals surface area contributed by atoms with E-state index in [2.05, 4.69) is 5.32 Å². The zero-order valence-corrected chi connectivity index (χ0v) is 8.93. The molecule has 1 aromatic carbocycles. The van der Waals surface area contributed by atoms with Crippen molar-refractivity contribution >= 4 is 17.6 Å². The van der Waals surface area contributed by atoms with Crippen molar-refractivity contribution in [3.05, 3.63) is 29.8 Å². The molecule has 0 aliphatic rings. The second-order valence-electron chi connectivity index (χ2n) is 3.39. The summed E-state index contributed by atoms with van der Waals surface area (Å²) in [7, 11) is 0. The number of aromatic carboxylic acids is 1. The first-order valence-corrected chi connectivity index (χ1v) is 4.94. The zero-order chi connectivity index (χ0) is 12.1. The van der Waals surface area contributed by atoms with Crippen molar-refractivity contribution in [3.63, 3.8) is 0 Å². The fourth-order valence-corrected chi connectivity index (χ4v) is 1.12. The Morgan fingerprint density at radius 2 is 1.94 bits per heavy atom. The third kappa shape index (κ3) is 3.06. The second-order valence-corrected chi connectivity index (χ2v) is 3.39. The van der Waals surface area contributed by atoms with Crippen LogP contribution < -0.4 is 11.1 Å². The summed E-state index contributed by atoms with van der Waals surface area (Å²) in [5, 5.41) is 11.3.